The molecule has 3 rings (SSSR count). The fraction of sp³-hybridized carbons (Fsp3) is 0.176. The molecule has 0 fully saturated rings. The van der Waals surface area contributed by atoms with Gasteiger partial charge in [0.05, 0.1) is 19.1 Å². The summed E-state index contributed by atoms with van der Waals surface area (Å²) in [5, 5.41) is 4.21. The number of hydrogen-bond donors (Lipinski definition) is 1. The molecule has 21 heavy (non-hydrogen) atoms. The van der Waals surface area contributed by atoms with Gasteiger partial charge in [-0.1, -0.05) is 60.7 Å². The third-order valence-corrected chi connectivity index (χ3v) is 3.66. The summed E-state index contributed by atoms with van der Waals surface area (Å²) >= 11 is 0. The zero-order valence-corrected chi connectivity index (χ0v) is 11.7. The fourth-order valence-corrected chi connectivity index (χ4v) is 2.66. The molecule has 0 saturated carbocycles. The van der Waals surface area contributed by atoms with Crippen molar-refractivity contribution in [1.29, 1.82) is 0 Å². The summed E-state index contributed by atoms with van der Waals surface area (Å²) in [4.78, 5) is 12.0. The van der Waals surface area contributed by atoms with E-state index in [1.54, 1.807) is 0 Å². The van der Waals surface area contributed by atoms with Gasteiger partial charge in [0.2, 0.25) is 0 Å². The van der Waals surface area contributed by atoms with Crippen LogP contribution in [-0.4, -0.2) is 18.8 Å². The lowest BCUT2D eigenvalue weighted by atomic mass is 9.85. The van der Waals surface area contributed by atoms with Crippen LogP contribution < -0.4 is 5.43 Å². The van der Waals surface area contributed by atoms with Gasteiger partial charge in [0.15, 0.2) is 5.71 Å². The Hall–Kier alpha value is -2.62. The second kappa shape index (κ2) is 5.79. The number of nitrogens with zero attached hydrogens (tertiary/aromatic N) is 1. The van der Waals surface area contributed by atoms with Crippen molar-refractivity contribution in [1.82, 2.24) is 5.43 Å². The Kier molecular flexibility index (Phi) is 3.69. The van der Waals surface area contributed by atoms with Crippen LogP contribution in [0.3, 0.4) is 0 Å². The van der Waals surface area contributed by atoms with E-state index in [0.29, 0.717) is 5.71 Å². The van der Waals surface area contributed by atoms with Gasteiger partial charge in [-0.2, -0.15) is 5.10 Å². The SMILES string of the molecule is COC(=O)C1=NN[C@@H](c2ccccc2)[C@@H]1c1ccccc1. The first-order chi connectivity index (χ1) is 10.3. The highest BCUT2D eigenvalue weighted by atomic mass is 16.5. The maximum Gasteiger partial charge on any atom is 0.354 e. The second-order valence-electron chi connectivity index (χ2n) is 4.89. The van der Waals surface area contributed by atoms with Gasteiger partial charge in [-0.3, -0.25) is 0 Å². The zero-order valence-electron chi connectivity index (χ0n) is 11.7. The van der Waals surface area contributed by atoms with E-state index in [1.165, 1.54) is 7.11 Å². The van der Waals surface area contributed by atoms with E-state index < -0.39 is 5.97 Å². The van der Waals surface area contributed by atoms with Crippen LogP contribution in [0.5, 0.6) is 0 Å². The van der Waals surface area contributed by atoms with Gasteiger partial charge in [0.1, 0.15) is 0 Å². The topological polar surface area (TPSA) is 50.7 Å². The summed E-state index contributed by atoms with van der Waals surface area (Å²) in [5.41, 5.74) is 5.62. The summed E-state index contributed by atoms with van der Waals surface area (Å²) in [6.45, 7) is 0. The summed E-state index contributed by atoms with van der Waals surface area (Å²) in [7, 11) is 1.38. The van der Waals surface area contributed by atoms with Crippen molar-refractivity contribution in [3.8, 4) is 0 Å². The lowest BCUT2D eigenvalue weighted by Crippen LogP contribution is -2.25. The number of hydrogen-bond acceptors (Lipinski definition) is 4. The van der Waals surface area contributed by atoms with Crippen molar-refractivity contribution in [2.24, 2.45) is 5.10 Å². The molecule has 0 aromatic heterocycles. The standard InChI is InChI=1S/C17H16N2O2/c1-21-17(20)16-14(12-8-4-2-5-9-12)15(18-19-16)13-10-6-3-7-11-13/h2-11,14-15,18H,1H3/t14-,15-/m0/s1. The third kappa shape index (κ3) is 2.52. The average Bonchev–Trinajstić information content (AvgIpc) is 3.00. The Balaban J connectivity index is 2.01. The number of methoxy groups -OCH3 is 1. The minimum atomic E-state index is -0.394. The highest BCUT2D eigenvalue weighted by Crippen LogP contribution is 2.36. The van der Waals surface area contributed by atoms with Crippen LogP contribution in [0, 0.1) is 0 Å². The van der Waals surface area contributed by atoms with E-state index in [0.717, 1.165) is 11.1 Å². The van der Waals surface area contributed by atoms with E-state index in [2.05, 4.69) is 10.5 Å². The predicted molar refractivity (Wildman–Crippen MR) is 81.0 cm³/mol. The van der Waals surface area contributed by atoms with Crippen LogP contribution in [0.4, 0.5) is 0 Å². The normalized spacial score (nSPS) is 20.5. The van der Waals surface area contributed by atoms with Gasteiger partial charge in [0.25, 0.3) is 0 Å². The second-order valence-corrected chi connectivity index (χ2v) is 4.89. The molecule has 0 aliphatic carbocycles. The first kappa shape index (κ1) is 13.4. The predicted octanol–water partition coefficient (Wildman–Crippen LogP) is 2.64. The lowest BCUT2D eigenvalue weighted by molar-refractivity contribution is -0.132. The van der Waals surface area contributed by atoms with E-state index in [9.17, 15) is 4.79 Å². The van der Waals surface area contributed by atoms with E-state index in [4.69, 9.17) is 4.74 Å². The molecule has 0 amide bonds. The van der Waals surface area contributed by atoms with Gasteiger partial charge in [-0.15, -0.1) is 0 Å². The van der Waals surface area contributed by atoms with E-state index in [1.807, 2.05) is 60.7 Å². The highest BCUT2D eigenvalue weighted by Gasteiger charge is 2.38. The first-order valence-corrected chi connectivity index (χ1v) is 6.82. The molecule has 0 unspecified atom stereocenters. The Bertz CT molecular complexity index is 653. The molecule has 2 atom stereocenters. The molecule has 1 aliphatic rings. The molecule has 0 bridgehead atoms. The Labute approximate surface area is 123 Å². The highest BCUT2D eigenvalue weighted by molar-refractivity contribution is 6.39. The summed E-state index contributed by atoms with van der Waals surface area (Å²) in [5.74, 6) is -0.546. The minimum absolute atomic E-state index is 0.0669. The molecule has 0 saturated heterocycles. The average molecular weight is 280 g/mol. The number of carbonyl (C=O) groups excluding carboxylic acids is 1. The number of ether oxygens (including phenoxy) is 1. The Morgan fingerprint density at radius 3 is 2.14 bits per heavy atom. The number of benzene rings is 2. The largest absolute Gasteiger partial charge is 0.464 e. The van der Waals surface area contributed by atoms with Crippen molar-refractivity contribution in [3.05, 3.63) is 71.8 Å². The van der Waals surface area contributed by atoms with Crippen molar-refractivity contribution < 1.29 is 9.53 Å². The molecular weight excluding hydrogens is 264 g/mol. The Morgan fingerprint density at radius 1 is 1.00 bits per heavy atom. The van der Waals surface area contributed by atoms with Crippen LogP contribution >= 0.6 is 0 Å². The van der Waals surface area contributed by atoms with Crippen molar-refractivity contribution in [3.63, 3.8) is 0 Å². The fourth-order valence-electron chi connectivity index (χ4n) is 2.66. The number of rotatable bonds is 3. The van der Waals surface area contributed by atoms with Crippen molar-refractivity contribution in [2.75, 3.05) is 7.11 Å². The van der Waals surface area contributed by atoms with Crippen LogP contribution in [0.1, 0.15) is 23.1 Å². The van der Waals surface area contributed by atoms with Gasteiger partial charge in [-0.25, -0.2) is 4.79 Å². The quantitative estimate of drug-likeness (QED) is 0.879. The molecule has 0 spiro atoms. The van der Waals surface area contributed by atoms with Gasteiger partial charge >= 0.3 is 5.97 Å². The van der Waals surface area contributed by atoms with Crippen LogP contribution in [0.15, 0.2) is 65.8 Å². The molecule has 1 N–H and O–H groups in total. The molecule has 4 heteroatoms. The number of esters is 1. The number of nitrogens with one attached hydrogen (secondary N) is 1. The summed E-state index contributed by atoms with van der Waals surface area (Å²) < 4.78 is 4.86. The maximum absolute atomic E-state index is 12.0. The monoisotopic (exact) mass is 280 g/mol. The van der Waals surface area contributed by atoms with Gasteiger partial charge < -0.3 is 10.2 Å². The molecule has 2 aromatic carbocycles. The smallest absolute Gasteiger partial charge is 0.354 e. The van der Waals surface area contributed by atoms with Gasteiger partial charge in [0, 0.05) is 0 Å². The van der Waals surface area contributed by atoms with Crippen molar-refractivity contribution >= 4 is 11.7 Å². The van der Waals surface area contributed by atoms with Crippen LogP contribution in [-0.2, 0) is 9.53 Å². The molecule has 1 heterocycles. The molecule has 0 radical (unpaired) electrons. The summed E-state index contributed by atoms with van der Waals surface area (Å²) in [6, 6.07) is 19.8. The molecule has 106 valence electrons. The lowest BCUT2D eigenvalue weighted by Gasteiger charge is -2.20. The Morgan fingerprint density at radius 2 is 1.57 bits per heavy atom. The van der Waals surface area contributed by atoms with E-state index >= 15 is 0 Å². The number of carbonyl (C=O) groups is 1. The maximum atomic E-state index is 12.0. The van der Waals surface area contributed by atoms with Crippen molar-refractivity contribution in [2.45, 2.75) is 12.0 Å². The first-order valence-electron chi connectivity index (χ1n) is 6.82. The van der Waals surface area contributed by atoms with Crippen LogP contribution in [0.25, 0.3) is 0 Å². The minimum Gasteiger partial charge on any atom is -0.464 e. The molecule has 4 nitrogen and oxygen atoms in total. The summed E-state index contributed by atoms with van der Waals surface area (Å²) in [6.07, 6.45) is 0. The van der Waals surface area contributed by atoms with Crippen LogP contribution in [0.2, 0.25) is 0 Å². The molecule has 1 aliphatic heterocycles. The molecule has 2 aromatic rings. The number of hydrazone groups is 1. The zero-order chi connectivity index (χ0) is 14.7. The van der Waals surface area contributed by atoms with Gasteiger partial charge in [-0.05, 0) is 11.1 Å². The van der Waals surface area contributed by atoms with E-state index in [-0.39, 0.29) is 12.0 Å². The third-order valence-electron chi connectivity index (χ3n) is 3.66. The molecular formula is C17H16N2O2.